The lowest BCUT2D eigenvalue weighted by Gasteiger charge is -2.34. The van der Waals surface area contributed by atoms with Gasteiger partial charge in [0.2, 0.25) is 0 Å². The van der Waals surface area contributed by atoms with Crippen molar-refractivity contribution in [3.05, 3.63) is 42.1 Å². The molecule has 2 aromatic rings. The Morgan fingerprint density at radius 1 is 1.24 bits per heavy atom. The van der Waals surface area contributed by atoms with Crippen LogP contribution < -0.4 is 10.6 Å². The van der Waals surface area contributed by atoms with Gasteiger partial charge in [-0.1, -0.05) is 12.1 Å². The molecule has 122 valence electrons. The Bertz CT molecular complexity index is 957. The van der Waals surface area contributed by atoms with Crippen molar-refractivity contribution in [1.82, 2.24) is 9.88 Å². The van der Waals surface area contributed by atoms with E-state index in [1.165, 1.54) is 0 Å². The number of carbonyl (C=O) groups is 1. The second-order valence-corrected chi connectivity index (χ2v) is 6.25. The van der Waals surface area contributed by atoms with E-state index in [0.717, 1.165) is 11.1 Å². The van der Waals surface area contributed by atoms with E-state index in [-0.39, 0.29) is 5.91 Å². The molecule has 2 N–H and O–H groups in total. The molecule has 1 aromatic carbocycles. The second kappa shape index (κ2) is 5.50. The summed E-state index contributed by atoms with van der Waals surface area (Å²) in [5.41, 5.74) is 2.04. The van der Waals surface area contributed by atoms with Crippen molar-refractivity contribution in [2.75, 3.05) is 23.7 Å². The lowest BCUT2D eigenvalue weighted by Crippen LogP contribution is -2.54. The van der Waals surface area contributed by atoms with Crippen molar-refractivity contribution in [3.63, 3.8) is 0 Å². The molecular formula is C18H14N6O. The third kappa shape index (κ3) is 2.43. The minimum atomic E-state index is -0.808. The maximum atomic E-state index is 12.6. The highest BCUT2D eigenvalue weighted by molar-refractivity contribution is 6.06. The molecule has 0 bridgehead atoms. The second-order valence-electron chi connectivity index (χ2n) is 6.25. The van der Waals surface area contributed by atoms with E-state index in [1.807, 2.05) is 18.2 Å². The molecule has 1 spiro atoms. The van der Waals surface area contributed by atoms with Gasteiger partial charge in [-0.15, -0.1) is 0 Å². The molecule has 4 rings (SSSR count). The first-order valence-electron chi connectivity index (χ1n) is 7.88. The molecule has 7 heteroatoms. The van der Waals surface area contributed by atoms with E-state index in [1.54, 1.807) is 23.2 Å². The number of pyridine rings is 1. The van der Waals surface area contributed by atoms with Crippen molar-refractivity contribution in [1.29, 1.82) is 10.5 Å². The van der Waals surface area contributed by atoms with Gasteiger partial charge in [0.25, 0.3) is 5.91 Å². The highest BCUT2D eigenvalue weighted by Gasteiger charge is 2.47. The number of likely N-dealkylation sites (tertiary alicyclic amines) is 1. The lowest BCUT2D eigenvalue weighted by atomic mass is 9.94. The summed E-state index contributed by atoms with van der Waals surface area (Å²) in [7, 11) is 0. The van der Waals surface area contributed by atoms with Crippen LogP contribution in [-0.4, -0.2) is 34.4 Å². The average molecular weight is 330 g/mol. The summed E-state index contributed by atoms with van der Waals surface area (Å²) in [4.78, 5) is 18.6. The predicted octanol–water partition coefficient (Wildman–Crippen LogP) is 1.91. The Morgan fingerprint density at radius 2 is 2.12 bits per heavy atom. The fourth-order valence-corrected chi connectivity index (χ4v) is 3.29. The molecule has 2 aliphatic rings. The molecule has 1 saturated heterocycles. The maximum absolute atomic E-state index is 12.6. The van der Waals surface area contributed by atoms with Gasteiger partial charge in [0, 0.05) is 18.3 Å². The molecule has 0 saturated carbocycles. The zero-order chi connectivity index (χ0) is 17.4. The molecule has 0 aliphatic carbocycles. The number of anilines is 2. The Balaban J connectivity index is 1.67. The Morgan fingerprint density at radius 3 is 2.88 bits per heavy atom. The van der Waals surface area contributed by atoms with Crippen molar-refractivity contribution in [2.24, 2.45) is 0 Å². The van der Waals surface area contributed by atoms with Gasteiger partial charge >= 0.3 is 0 Å². The average Bonchev–Trinajstić information content (AvgIpc) is 3.06. The topological polar surface area (TPSA) is 105 Å². The Labute approximate surface area is 144 Å². The predicted molar refractivity (Wildman–Crippen MR) is 91.2 cm³/mol. The van der Waals surface area contributed by atoms with E-state index in [9.17, 15) is 4.79 Å². The van der Waals surface area contributed by atoms with Crippen LogP contribution in [0.4, 0.5) is 11.5 Å². The van der Waals surface area contributed by atoms with Gasteiger partial charge in [-0.05, 0) is 30.2 Å². The summed E-state index contributed by atoms with van der Waals surface area (Å²) in [6.45, 7) is 0.883. The molecule has 25 heavy (non-hydrogen) atoms. The fourth-order valence-electron chi connectivity index (χ4n) is 3.29. The highest BCUT2D eigenvalue weighted by atomic mass is 16.2. The molecule has 1 atom stereocenters. The standard InChI is InChI=1S/C18H14N6O/c19-8-12-2-1-3-13(6-12)14-7-15-16(21-9-14)23-18(17(25)22-15)4-5-24(10-18)11-20/h1-3,6-7,9H,4-5,10H2,(H,21,23)(H,22,25)/t18-/m0/s1. The van der Waals surface area contributed by atoms with Gasteiger partial charge in [-0.3, -0.25) is 4.79 Å². The SMILES string of the molecule is N#Cc1cccc(-c2cnc3c(c2)NC(=O)[C@@]2(CCN(C#N)C2)N3)c1. The summed E-state index contributed by atoms with van der Waals surface area (Å²) >= 11 is 0. The number of rotatable bonds is 1. The molecule has 0 radical (unpaired) electrons. The van der Waals surface area contributed by atoms with Gasteiger partial charge in [0.15, 0.2) is 12.0 Å². The number of nitrogens with zero attached hydrogens (tertiary/aromatic N) is 4. The lowest BCUT2D eigenvalue weighted by molar-refractivity contribution is -0.120. The molecule has 2 aliphatic heterocycles. The minimum absolute atomic E-state index is 0.150. The Hall–Kier alpha value is -3.58. The minimum Gasteiger partial charge on any atom is -0.353 e. The van der Waals surface area contributed by atoms with Crippen LogP contribution in [0.5, 0.6) is 0 Å². The first-order valence-corrected chi connectivity index (χ1v) is 7.88. The normalized spacial score (nSPS) is 21.0. The summed E-state index contributed by atoms with van der Waals surface area (Å²) < 4.78 is 0. The summed E-state index contributed by atoms with van der Waals surface area (Å²) in [6, 6.07) is 11.2. The maximum Gasteiger partial charge on any atom is 0.252 e. The van der Waals surface area contributed by atoms with Crippen LogP contribution in [0.15, 0.2) is 36.5 Å². The van der Waals surface area contributed by atoms with E-state index >= 15 is 0 Å². The molecule has 1 aromatic heterocycles. The van der Waals surface area contributed by atoms with Crippen molar-refractivity contribution in [2.45, 2.75) is 12.0 Å². The fraction of sp³-hybridized carbons (Fsp3) is 0.222. The van der Waals surface area contributed by atoms with Crippen LogP contribution in [0.3, 0.4) is 0 Å². The molecule has 1 fully saturated rings. The van der Waals surface area contributed by atoms with E-state index in [0.29, 0.717) is 36.6 Å². The number of nitrogens with one attached hydrogen (secondary N) is 2. The number of amides is 1. The van der Waals surface area contributed by atoms with E-state index in [4.69, 9.17) is 10.5 Å². The zero-order valence-corrected chi connectivity index (χ0v) is 13.3. The van der Waals surface area contributed by atoms with Crippen LogP contribution in [-0.2, 0) is 4.79 Å². The van der Waals surface area contributed by atoms with Crippen molar-refractivity contribution in [3.8, 4) is 23.4 Å². The number of fused-ring (bicyclic) bond motifs is 1. The number of nitriles is 2. The molecule has 1 amide bonds. The first kappa shape index (κ1) is 15.0. The van der Waals surface area contributed by atoms with Crippen LogP contribution in [0, 0.1) is 22.8 Å². The monoisotopic (exact) mass is 330 g/mol. The number of hydrogen-bond donors (Lipinski definition) is 2. The largest absolute Gasteiger partial charge is 0.353 e. The van der Waals surface area contributed by atoms with E-state index in [2.05, 4.69) is 27.9 Å². The summed E-state index contributed by atoms with van der Waals surface area (Å²) in [5.74, 6) is 0.446. The first-order chi connectivity index (χ1) is 12.1. The van der Waals surface area contributed by atoms with E-state index < -0.39 is 5.54 Å². The third-order valence-electron chi connectivity index (χ3n) is 4.66. The van der Waals surface area contributed by atoms with Gasteiger partial charge in [0.1, 0.15) is 5.54 Å². The quantitative estimate of drug-likeness (QED) is 0.774. The number of carbonyl (C=O) groups excluding carboxylic acids is 1. The third-order valence-corrected chi connectivity index (χ3v) is 4.66. The molecule has 3 heterocycles. The summed E-state index contributed by atoms with van der Waals surface area (Å²) in [6.07, 6.45) is 4.36. The molecule has 0 unspecified atom stereocenters. The van der Waals surface area contributed by atoms with Crippen LogP contribution in [0.25, 0.3) is 11.1 Å². The van der Waals surface area contributed by atoms with Crippen LogP contribution in [0.1, 0.15) is 12.0 Å². The van der Waals surface area contributed by atoms with Gasteiger partial charge in [-0.25, -0.2) is 4.98 Å². The van der Waals surface area contributed by atoms with Gasteiger partial charge in [0.05, 0.1) is 23.9 Å². The van der Waals surface area contributed by atoms with Gasteiger partial charge < -0.3 is 15.5 Å². The zero-order valence-electron chi connectivity index (χ0n) is 13.3. The van der Waals surface area contributed by atoms with Crippen molar-refractivity contribution >= 4 is 17.4 Å². The van der Waals surface area contributed by atoms with Crippen LogP contribution in [0.2, 0.25) is 0 Å². The number of hydrogen-bond acceptors (Lipinski definition) is 6. The van der Waals surface area contributed by atoms with Crippen LogP contribution >= 0.6 is 0 Å². The number of aromatic nitrogens is 1. The van der Waals surface area contributed by atoms with Gasteiger partial charge in [-0.2, -0.15) is 10.5 Å². The Kier molecular flexibility index (Phi) is 3.29. The summed E-state index contributed by atoms with van der Waals surface area (Å²) in [5, 5.41) is 24.2. The highest BCUT2D eigenvalue weighted by Crippen LogP contribution is 2.36. The molecular weight excluding hydrogens is 316 g/mol. The van der Waals surface area contributed by atoms with Crippen molar-refractivity contribution < 1.29 is 4.79 Å². The number of benzene rings is 1. The molecule has 7 nitrogen and oxygen atoms in total. The smallest absolute Gasteiger partial charge is 0.252 e.